The summed E-state index contributed by atoms with van der Waals surface area (Å²) < 4.78 is 0. The van der Waals surface area contributed by atoms with E-state index in [1.807, 2.05) is 0 Å². The molecule has 0 aromatic heterocycles. The molecule has 0 saturated heterocycles. The third-order valence-corrected chi connectivity index (χ3v) is 10.4. The molecule has 1 aromatic rings. The minimum atomic E-state index is -1.54. The zero-order chi connectivity index (χ0) is 48.8. The SMILES string of the molecule is CC[C@H](C)[C@H](NC(=O)[C@@H](NC(=O)[C@H](Cc1ccc(O)cc1)NC(=O)[C@@H](N)CC(=O)O)C(C)C)C(=O)N[C@H](C(=O)N[C@@H](CCC(=O)O)C(=O)N[C@@H](CCCN=C(N)N)C(=O)O)[C@@H](C)CC. The van der Waals surface area contributed by atoms with Gasteiger partial charge in [-0.25, -0.2) is 4.79 Å². The van der Waals surface area contributed by atoms with E-state index < -0.39 is 133 Å². The standard InChI is InChI=1S/C41H66N10O13/c1-7-21(5)32(38(61)46-26(15-16-29(53)54)35(58)47-27(40(63)64)10-9-17-45-41(43)44)51-39(62)33(22(6)8-2)50-37(60)31(20(3)4)49-36(59)28(18-23-11-13-24(52)14-12-23)48-34(57)25(42)19-30(55)56/h11-14,20-22,25-28,31-33,52H,7-10,15-19,42H2,1-6H3,(H,46,61)(H,47,58)(H,48,57)(H,49,59)(H,50,60)(H,51,62)(H,53,54)(H,55,56)(H,63,64)(H4,43,44,45)/t21-,22-,25-,26-,27-,28-,31-,32-,33-/m0/s1. The van der Waals surface area contributed by atoms with E-state index >= 15 is 0 Å². The van der Waals surface area contributed by atoms with Gasteiger partial charge in [0.05, 0.1) is 12.5 Å². The van der Waals surface area contributed by atoms with Gasteiger partial charge in [-0.1, -0.05) is 66.5 Å². The number of phenolic OH excluding ortho intramolecular Hbond substituents is 1. The number of guanidine groups is 1. The van der Waals surface area contributed by atoms with Crippen molar-refractivity contribution in [3.63, 3.8) is 0 Å². The van der Waals surface area contributed by atoms with Gasteiger partial charge in [0, 0.05) is 19.4 Å². The Balaban J connectivity index is 3.39. The Hall–Kier alpha value is -6.52. The maximum Gasteiger partial charge on any atom is 0.326 e. The maximum absolute atomic E-state index is 14.1. The lowest BCUT2D eigenvalue weighted by Gasteiger charge is -2.32. The van der Waals surface area contributed by atoms with E-state index in [0.29, 0.717) is 18.4 Å². The second kappa shape index (κ2) is 27.5. The molecule has 16 N–H and O–H groups in total. The molecule has 0 radical (unpaired) electrons. The largest absolute Gasteiger partial charge is 0.508 e. The Morgan fingerprint density at radius 2 is 1.08 bits per heavy atom. The average molecular weight is 907 g/mol. The summed E-state index contributed by atoms with van der Waals surface area (Å²) in [7, 11) is 0. The number of nitrogens with two attached hydrogens (primary N) is 3. The fraction of sp³-hybridized carbons (Fsp3) is 0.610. The molecule has 6 amide bonds. The molecule has 0 aliphatic rings. The molecule has 0 aliphatic heterocycles. The number of hydrogen-bond donors (Lipinski definition) is 13. The van der Waals surface area contributed by atoms with Gasteiger partial charge in [-0.3, -0.25) is 43.3 Å². The van der Waals surface area contributed by atoms with Crippen LogP contribution in [-0.2, 0) is 49.6 Å². The van der Waals surface area contributed by atoms with Gasteiger partial charge in [0.2, 0.25) is 35.4 Å². The molecule has 9 atom stereocenters. The van der Waals surface area contributed by atoms with Crippen molar-refractivity contribution < 1.29 is 63.6 Å². The molecule has 0 bridgehead atoms. The Morgan fingerprint density at radius 1 is 0.609 bits per heavy atom. The third kappa shape index (κ3) is 19.7. The molecule has 0 heterocycles. The summed E-state index contributed by atoms with van der Waals surface area (Å²) >= 11 is 0. The van der Waals surface area contributed by atoms with Crippen molar-refractivity contribution in [3.8, 4) is 5.75 Å². The molecule has 64 heavy (non-hydrogen) atoms. The summed E-state index contributed by atoms with van der Waals surface area (Å²) in [4.78, 5) is 120. The van der Waals surface area contributed by atoms with Crippen LogP contribution >= 0.6 is 0 Å². The second-order valence-electron chi connectivity index (χ2n) is 16.0. The normalized spacial score (nSPS) is 15.2. The first-order valence-corrected chi connectivity index (χ1v) is 21.0. The number of carboxylic acid groups (broad SMARTS) is 3. The summed E-state index contributed by atoms with van der Waals surface area (Å²) in [5.41, 5.74) is 16.8. The molecule has 0 aliphatic carbocycles. The number of carbonyl (C=O) groups is 9. The van der Waals surface area contributed by atoms with Gasteiger partial charge >= 0.3 is 17.9 Å². The molecular formula is C41H66N10O13. The van der Waals surface area contributed by atoms with Crippen LogP contribution in [0.4, 0.5) is 0 Å². The van der Waals surface area contributed by atoms with E-state index in [-0.39, 0.29) is 37.5 Å². The van der Waals surface area contributed by atoms with Crippen molar-refractivity contribution in [1.82, 2.24) is 31.9 Å². The van der Waals surface area contributed by atoms with Crippen LogP contribution in [0.1, 0.15) is 92.1 Å². The molecule has 0 fully saturated rings. The van der Waals surface area contributed by atoms with Crippen molar-refractivity contribution >= 4 is 59.3 Å². The number of rotatable bonds is 29. The number of carboxylic acids is 3. The predicted octanol–water partition coefficient (Wildman–Crippen LogP) is -1.60. The molecule has 0 spiro atoms. The van der Waals surface area contributed by atoms with Crippen LogP contribution in [0.25, 0.3) is 0 Å². The van der Waals surface area contributed by atoms with Crippen molar-refractivity contribution in [1.29, 1.82) is 0 Å². The van der Waals surface area contributed by atoms with Crippen LogP contribution in [0.15, 0.2) is 29.3 Å². The van der Waals surface area contributed by atoms with Gasteiger partial charge < -0.3 is 69.5 Å². The number of nitrogens with one attached hydrogen (secondary N) is 6. The lowest BCUT2D eigenvalue weighted by atomic mass is 9.93. The van der Waals surface area contributed by atoms with Crippen LogP contribution < -0.4 is 49.1 Å². The van der Waals surface area contributed by atoms with E-state index in [4.69, 9.17) is 22.3 Å². The summed E-state index contributed by atoms with van der Waals surface area (Å²) in [6.45, 7) is 10.1. The van der Waals surface area contributed by atoms with Crippen molar-refractivity contribution in [2.45, 2.75) is 135 Å². The Bertz CT molecular complexity index is 1810. The first-order valence-electron chi connectivity index (χ1n) is 21.0. The van der Waals surface area contributed by atoms with Crippen molar-refractivity contribution in [3.05, 3.63) is 29.8 Å². The highest BCUT2D eigenvalue weighted by molar-refractivity contribution is 5.97. The molecule has 23 heteroatoms. The number of hydrogen-bond acceptors (Lipinski definition) is 12. The first-order chi connectivity index (χ1) is 29.9. The number of amides is 6. The molecule has 0 unspecified atom stereocenters. The first kappa shape index (κ1) is 55.5. The van der Waals surface area contributed by atoms with Gasteiger partial charge in [0.1, 0.15) is 42.0 Å². The van der Waals surface area contributed by atoms with E-state index in [1.54, 1.807) is 41.5 Å². The molecule has 0 saturated carbocycles. The summed E-state index contributed by atoms with van der Waals surface area (Å²) in [5.74, 6) is -11.4. The zero-order valence-corrected chi connectivity index (χ0v) is 37.1. The van der Waals surface area contributed by atoms with E-state index in [9.17, 15) is 58.5 Å². The Labute approximate surface area is 371 Å². The van der Waals surface area contributed by atoms with Crippen LogP contribution in [0.5, 0.6) is 5.75 Å². The number of carbonyl (C=O) groups excluding carboxylic acids is 6. The van der Waals surface area contributed by atoms with Gasteiger partial charge in [-0.2, -0.15) is 0 Å². The molecule has 358 valence electrons. The maximum atomic E-state index is 14.1. The lowest BCUT2D eigenvalue weighted by Crippen LogP contribution is -2.62. The van der Waals surface area contributed by atoms with E-state index in [2.05, 4.69) is 36.9 Å². The number of phenols is 1. The molecule has 1 aromatic carbocycles. The summed E-state index contributed by atoms with van der Waals surface area (Å²) in [6.07, 6.45) is -1.17. The van der Waals surface area contributed by atoms with Gasteiger partial charge in [-0.05, 0) is 54.7 Å². The summed E-state index contributed by atoms with van der Waals surface area (Å²) in [6, 6.07) is -4.10. The highest BCUT2D eigenvalue weighted by Gasteiger charge is 2.37. The summed E-state index contributed by atoms with van der Waals surface area (Å²) in [5, 5.41) is 53.1. The van der Waals surface area contributed by atoms with Gasteiger partial charge in [0.25, 0.3) is 0 Å². The smallest absolute Gasteiger partial charge is 0.326 e. The van der Waals surface area contributed by atoms with Crippen LogP contribution in [0.2, 0.25) is 0 Å². The van der Waals surface area contributed by atoms with Gasteiger partial charge in [0.15, 0.2) is 5.96 Å². The number of aliphatic imine (C=N–C) groups is 1. The predicted molar refractivity (Wildman–Crippen MR) is 232 cm³/mol. The van der Waals surface area contributed by atoms with Gasteiger partial charge in [-0.15, -0.1) is 0 Å². The highest BCUT2D eigenvalue weighted by atomic mass is 16.4. The van der Waals surface area contributed by atoms with E-state index in [1.165, 1.54) is 24.3 Å². The minimum absolute atomic E-state index is 0.0626. The zero-order valence-electron chi connectivity index (χ0n) is 37.1. The van der Waals surface area contributed by atoms with Crippen LogP contribution in [0.3, 0.4) is 0 Å². The number of nitrogens with zero attached hydrogens (tertiary/aromatic N) is 1. The van der Waals surface area contributed by atoms with Crippen molar-refractivity contribution in [2.24, 2.45) is 39.9 Å². The number of benzene rings is 1. The molecule has 23 nitrogen and oxygen atoms in total. The minimum Gasteiger partial charge on any atom is -0.508 e. The fourth-order valence-electron chi connectivity index (χ4n) is 6.15. The topological polar surface area (TPSA) is 397 Å². The van der Waals surface area contributed by atoms with Crippen LogP contribution in [-0.4, -0.2) is 129 Å². The van der Waals surface area contributed by atoms with E-state index in [0.717, 1.165) is 0 Å². The highest BCUT2D eigenvalue weighted by Crippen LogP contribution is 2.16. The second-order valence-corrected chi connectivity index (χ2v) is 16.0. The average Bonchev–Trinajstić information content (AvgIpc) is 3.22. The number of aromatic hydroxyl groups is 1. The Kier molecular flexibility index (Phi) is 23.9. The monoisotopic (exact) mass is 906 g/mol. The number of aliphatic carboxylic acids is 3. The molecular weight excluding hydrogens is 841 g/mol. The Morgan fingerprint density at radius 3 is 1.55 bits per heavy atom. The van der Waals surface area contributed by atoms with Crippen molar-refractivity contribution in [2.75, 3.05) is 6.54 Å². The lowest BCUT2D eigenvalue weighted by molar-refractivity contribution is -0.143. The fourth-order valence-corrected chi connectivity index (χ4v) is 6.15. The molecule has 1 rings (SSSR count). The third-order valence-electron chi connectivity index (χ3n) is 10.4. The van der Waals surface area contributed by atoms with Crippen LogP contribution in [0, 0.1) is 17.8 Å². The quantitative estimate of drug-likeness (QED) is 0.0244.